The highest BCUT2D eigenvalue weighted by Crippen LogP contribution is 2.46. The summed E-state index contributed by atoms with van der Waals surface area (Å²) in [7, 11) is 0. The zero-order valence-electron chi connectivity index (χ0n) is 19.4. The van der Waals surface area contributed by atoms with Crippen molar-refractivity contribution in [2.45, 2.75) is 77.0 Å². The second-order valence-corrected chi connectivity index (χ2v) is 9.47. The fraction of sp³-hybridized carbons (Fsp3) is 0.481. The van der Waals surface area contributed by atoms with E-state index in [0.717, 1.165) is 36.8 Å². The first-order valence-corrected chi connectivity index (χ1v) is 12.4. The van der Waals surface area contributed by atoms with Gasteiger partial charge in [0.05, 0.1) is 12.1 Å². The third-order valence-corrected chi connectivity index (χ3v) is 7.69. The van der Waals surface area contributed by atoms with E-state index in [1.165, 1.54) is 28.2 Å². The summed E-state index contributed by atoms with van der Waals surface area (Å²) in [6.45, 7) is 10.6. The predicted octanol–water partition coefficient (Wildman–Crippen LogP) is 6.55. The summed E-state index contributed by atoms with van der Waals surface area (Å²) in [5, 5.41) is 0. The number of carbonyl (C=O) groups excluding carboxylic acids is 1. The van der Waals surface area contributed by atoms with Gasteiger partial charge in [0.1, 0.15) is 5.75 Å². The molecule has 1 aliphatic heterocycles. The first-order chi connectivity index (χ1) is 15.0. The molecule has 164 valence electrons. The van der Waals surface area contributed by atoms with Gasteiger partial charge in [-0.1, -0.05) is 46.5 Å². The molecule has 4 heteroatoms. The zero-order valence-corrected chi connectivity index (χ0v) is 20.2. The Labute approximate surface area is 191 Å². The lowest BCUT2D eigenvalue weighted by Gasteiger charge is -2.38. The molecule has 31 heavy (non-hydrogen) atoms. The van der Waals surface area contributed by atoms with E-state index in [4.69, 9.17) is 4.74 Å². The molecule has 0 spiro atoms. The summed E-state index contributed by atoms with van der Waals surface area (Å²) < 4.78 is 5.46. The van der Waals surface area contributed by atoms with Gasteiger partial charge in [-0.2, -0.15) is 0 Å². The maximum absolute atomic E-state index is 12.1. The Kier molecular flexibility index (Phi) is 7.84. The van der Waals surface area contributed by atoms with Crippen molar-refractivity contribution in [2.75, 3.05) is 5.75 Å². The van der Waals surface area contributed by atoms with Gasteiger partial charge < -0.3 is 4.74 Å². The van der Waals surface area contributed by atoms with Crippen LogP contribution in [0.5, 0.6) is 5.75 Å². The van der Waals surface area contributed by atoms with E-state index < -0.39 is 0 Å². The molecule has 0 saturated carbocycles. The van der Waals surface area contributed by atoms with Crippen LogP contribution in [0.1, 0.15) is 82.6 Å². The van der Waals surface area contributed by atoms with Gasteiger partial charge in [-0.15, -0.1) is 11.8 Å². The van der Waals surface area contributed by atoms with Crippen LogP contribution in [-0.4, -0.2) is 16.7 Å². The van der Waals surface area contributed by atoms with Crippen LogP contribution in [0.4, 0.5) is 0 Å². The van der Waals surface area contributed by atoms with E-state index >= 15 is 0 Å². The number of hydrogen-bond donors (Lipinski definition) is 0. The molecule has 1 aromatic carbocycles. The van der Waals surface area contributed by atoms with Crippen molar-refractivity contribution in [1.29, 1.82) is 0 Å². The summed E-state index contributed by atoms with van der Waals surface area (Å²) in [5.41, 5.74) is 4.85. The van der Waals surface area contributed by atoms with Gasteiger partial charge in [-0.25, -0.2) is 0 Å². The number of ether oxygens (including phenoxy) is 1. The molecule has 0 saturated heterocycles. The molecule has 0 radical (unpaired) electrons. The molecule has 1 unspecified atom stereocenters. The first kappa shape index (κ1) is 23.4. The average molecular weight is 436 g/mol. The first-order valence-electron chi connectivity index (χ1n) is 11.4. The van der Waals surface area contributed by atoms with Gasteiger partial charge in [-0.05, 0) is 72.6 Å². The Morgan fingerprint density at radius 2 is 1.94 bits per heavy atom. The van der Waals surface area contributed by atoms with Crippen molar-refractivity contribution in [3.63, 3.8) is 0 Å². The van der Waals surface area contributed by atoms with Crippen molar-refractivity contribution in [3.8, 4) is 17.6 Å². The smallest absolute Gasteiger partial charge is 0.314 e. The Hall–Kier alpha value is -2.25. The van der Waals surface area contributed by atoms with Gasteiger partial charge in [-0.3, -0.25) is 9.78 Å². The molecule has 0 amide bonds. The molecule has 0 bridgehead atoms. The number of nitrogens with zero attached hydrogens (tertiary/aromatic N) is 1. The van der Waals surface area contributed by atoms with E-state index in [9.17, 15) is 4.79 Å². The van der Waals surface area contributed by atoms with E-state index in [1.807, 2.05) is 25.6 Å². The average Bonchev–Trinajstić information content (AvgIpc) is 2.81. The van der Waals surface area contributed by atoms with Crippen molar-refractivity contribution < 1.29 is 9.53 Å². The number of aryl methyl sites for hydroxylation is 1. The number of thioether (sulfide) groups is 1. The van der Waals surface area contributed by atoms with E-state index in [-0.39, 0.29) is 17.3 Å². The van der Waals surface area contributed by atoms with Crippen LogP contribution in [0.15, 0.2) is 35.5 Å². The van der Waals surface area contributed by atoms with Crippen LogP contribution in [0.2, 0.25) is 0 Å². The molecular weight excluding hydrogens is 402 g/mol. The van der Waals surface area contributed by atoms with E-state index in [0.29, 0.717) is 5.75 Å². The molecule has 0 N–H and O–H groups in total. The number of fused-ring (bicyclic) bond motifs is 1. The lowest BCUT2D eigenvalue weighted by atomic mass is 9.72. The minimum absolute atomic E-state index is 0.132. The monoisotopic (exact) mass is 435 g/mol. The SMILES string of the molecule is CCc1cc2c(cc1C#Cc1cncc(OC(=O)C(C)CC)c1)C(CC)(CC)CCS2. The quantitative estimate of drug-likeness (QED) is 0.381. The molecule has 3 rings (SSSR count). The zero-order chi connectivity index (χ0) is 22.4. The van der Waals surface area contributed by atoms with Crippen LogP contribution >= 0.6 is 11.8 Å². The number of esters is 1. The van der Waals surface area contributed by atoms with Crippen molar-refractivity contribution in [2.24, 2.45) is 5.92 Å². The Morgan fingerprint density at radius 1 is 1.16 bits per heavy atom. The molecule has 1 aliphatic rings. The second-order valence-electron chi connectivity index (χ2n) is 8.33. The topological polar surface area (TPSA) is 39.2 Å². The third kappa shape index (κ3) is 5.15. The normalized spacial score (nSPS) is 15.4. The van der Waals surface area contributed by atoms with E-state index in [1.54, 1.807) is 18.5 Å². The van der Waals surface area contributed by atoms with E-state index in [2.05, 4.69) is 49.7 Å². The predicted molar refractivity (Wildman–Crippen MR) is 129 cm³/mol. The maximum Gasteiger partial charge on any atom is 0.314 e. The molecule has 0 aliphatic carbocycles. The number of aromatic nitrogens is 1. The summed E-state index contributed by atoms with van der Waals surface area (Å²) >= 11 is 1.98. The fourth-order valence-electron chi connectivity index (χ4n) is 4.11. The molecule has 1 atom stereocenters. The number of carbonyl (C=O) groups is 1. The molecule has 2 aromatic rings. The Balaban J connectivity index is 1.94. The number of benzene rings is 1. The molecule has 3 nitrogen and oxygen atoms in total. The number of rotatable bonds is 6. The van der Waals surface area contributed by atoms with Crippen molar-refractivity contribution >= 4 is 17.7 Å². The van der Waals surface area contributed by atoms with Gasteiger partial charge >= 0.3 is 5.97 Å². The van der Waals surface area contributed by atoms with Crippen LogP contribution < -0.4 is 4.74 Å². The lowest BCUT2D eigenvalue weighted by Crippen LogP contribution is -2.29. The summed E-state index contributed by atoms with van der Waals surface area (Å²) in [5.74, 6) is 7.92. The highest BCUT2D eigenvalue weighted by molar-refractivity contribution is 7.99. The Morgan fingerprint density at radius 3 is 2.61 bits per heavy atom. The van der Waals surface area contributed by atoms with Crippen LogP contribution in [0, 0.1) is 17.8 Å². The van der Waals surface area contributed by atoms with Gasteiger partial charge in [0.25, 0.3) is 0 Å². The molecule has 0 fully saturated rings. The molecular formula is C27H33NO2S. The van der Waals surface area contributed by atoms with Crippen LogP contribution in [-0.2, 0) is 16.6 Å². The second kappa shape index (κ2) is 10.4. The third-order valence-electron chi connectivity index (χ3n) is 6.64. The summed E-state index contributed by atoms with van der Waals surface area (Å²) in [6.07, 6.45) is 8.52. The molecule has 1 aromatic heterocycles. The van der Waals surface area contributed by atoms with Crippen LogP contribution in [0.3, 0.4) is 0 Å². The summed E-state index contributed by atoms with van der Waals surface area (Å²) in [6, 6.07) is 6.48. The van der Waals surface area contributed by atoms with Crippen molar-refractivity contribution in [3.05, 3.63) is 52.8 Å². The molecule has 2 heterocycles. The minimum Gasteiger partial charge on any atom is -0.425 e. The minimum atomic E-state index is -0.231. The van der Waals surface area contributed by atoms with Gasteiger partial charge in [0, 0.05) is 22.2 Å². The Bertz CT molecular complexity index is 998. The highest BCUT2D eigenvalue weighted by atomic mass is 32.2. The summed E-state index contributed by atoms with van der Waals surface area (Å²) in [4.78, 5) is 17.7. The lowest BCUT2D eigenvalue weighted by molar-refractivity contribution is -0.138. The van der Waals surface area contributed by atoms with Crippen LogP contribution in [0.25, 0.3) is 0 Å². The fourth-order valence-corrected chi connectivity index (χ4v) is 5.48. The highest BCUT2D eigenvalue weighted by Gasteiger charge is 2.34. The maximum atomic E-state index is 12.1. The standard InChI is InChI=1S/C27H33NO2S/c1-6-19(5)26(29)30-23-14-20(17-28-18-23)10-11-22-15-24-25(16-21(22)7-2)31-13-12-27(24,8-3)9-4/h14-19H,6-9,12-13H2,1-5H3. The number of hydrogen-bond acceptors (Lipinski definition) is 4. The van der Waals surface area contributed by atoms with Gasteiger partial charge in [0.2, 0.25) is 0 Å². The largest absolute Gasteiger partial charge is 0.425 e. The number of pyridine rings is 1. The van der Waals surface area contributed by atoms with Crippen molar-refractivity contribution in [1.82, 2.24) is 4.98 Å². The van der Waals surface area contributed by atoms with Gasteiger partial charge in [0.15, 0.2) is 0 Å².